The zero-order valence-corrected chi connectivity index (χ0v) is 20.6. The van der Waals surface area contributed by atoms with Gasteiger partial charge in [-0.05, 0) is 51.2 Å². The summed E-state index contributed by atoms with van der Waals surface area (Å²) >= 11 is 1.49. The summed E-state index contributed by atoms with van der Waals surface area (Å²) in [5, 5.41) is 5.48. The lowest BCUT2D eigenvalue weighted by atomic mass is 9.93. The molecular formula is C25H25FN6O2S. The molecule has 1 aliphatic heterocycles. The minimum atomic E-state index is -0.644. The highest BCUT2D eigenvalue weighted by Crippen LogP contribution is 2.43. The molecule has 1 aromatic carbocycles. The molecule has 2 aliphatic rings. The van der Waals surface area contributed by atoms with E-state index in [1.807, 2.05) is 26.0 Å². The van der Waals surface area contributed by atoms with Crippen molar-refractivity contribution in [2.75, 3.05) is 13.2 Å². The van der Waals surface area contributed by atoms with Crippen molar-refractivity contribution in [3.05, 3.63) is 69.3 Å². The van der Waals surface area contributed by atoms with E-state index in [9.17, 15) is 4.79 Å². The van der Waals surface area contributed by atoms with E-state index in [1.54, 1.807) is 28.6 Å². The first-order valence-corrected chi connectivity index (χ1v) is 12.6. The SMILES string of the molecule is Cc1ncc(OCC(=O)N2CCc3nc4sc(C)nn4c3C2c2ccc(C3CC3)cc2F)c(C)n1. The molecule has 180 valence electrons. The molecule has 0 N–H and O–H groups in total. The zero-order chi connectivity index (χ0) is 24.3. The van der Waals surface area contributed by atoms with E-state index < -0.39 is 6.04 Å². The van der Waals surface area contributed by atoms with Crippen LogP contribution in [0.5, 0.6) is 5.75 Å². The second-order valence-electron chi connectivity index (χ2n) is 9.21. The lowest BCUT2D eigenvalue weighted by molar-refractivity contribution is -0.135. The van der Waals surface area contributed by atoms with Crippen LogP contribution in [0.25, 0.3) is 4.96 Å². The number of aryl methyl sites for hydroxylation is 3. The molecule has 1 saturated carbocycles. The Hall–Kier alpha value is -3.40. The Labute approximate surface area is 205 Å². The van der Waals surface area contributed by atoms with Crippen molar-refractivity contribution >= 4 is 22.2 Å². The normalized spacial score (nSPS) is 17.6. The number of fused-ring (bicyclic) bond motifs is 3. The fourth-order valence-electron chi connectivity index (χ4n) is 4.82. The highest BCUT2D eigenvalue weighted by atomic mass is 32.1. The third-order valence-corrected chi connectivity index (χ3v) is 7.49. The molecule has 1 fully saturated rings. The molecule has 10 heteroatoms. The number of aromatic nitrogens is 5. The van der Waals surface area contributed by atoms with E-state index in [-0.39, 0.29) is 18.3 Å². The Morgan fingerprint density at radius 2 is 2.06 bits per heavy atom. The van der Waals surface area contributed by atoms with Crippen molar-refractivity contribution in [2.45, 2.75) is 52.0 Å². The van der Waals surface area contributed by atoms with Crippen LogP contribution in [0.4, 0.5) is 4.39 Å². The molecule has 1 atom stereocenters. The van der Waals surface area contributed by atoms with Crippen molar-refractivity contribution in [1.82, 2.24) is 29.5 Å². The van der Waals surface area contributed by atoms with Crippen molar-refractivity contribution in [2.24, 2.45) is 0 Å². The standard InChI is InChI=1S/C25H25FN6O2S/c1-13-21(11-27-14(2)28-13)34-12-22(33)31-9-8-20-24(32-25(29-20)35-15(3)30-32)23(31)18-7-6-17(10-19(18)26)16-4-5-16/h6-7,10-11,16,23H,4-5,8-9,12H2,1-3H3. The van der Waals surface area contributed by atoms with Gasteiger partial charge in [0.15, 0.2) is 12.4 Å². The van der Waals surface area contributed by atoms with Crippen LogP contribution in [0, 0.1) is 26.6 Å². The van der Waals surface area contributed by atoms with Gasteiger partial charge < -0.3 is 9.64 Å². The summed E-state index contributed by atoms with van der Waals surface area (Å²) in [6, 6.07) is 4.79. The van der Waals surface area contributed by atoms with E-state index in [4.69, 9.17) is 9.72 Å². The number of hydrogen-bond donors (Lipinski definition) is 0. The number of benzene rings is 1. The number of rotatable bonds is 5. The van der Waals surface area contributed by atoms with Crippen LogP contribution in [-0.4, -0.2) is 48.5 Å². The van der Waals surface area contributed by atoms with E-state index in [0.29, 0.717) is 41.7 Å². The van der Waals surface area contributed by atoms with Crippen molar-refractivity contribution in [3.63, 3.8) is 0 Å². The molecule has 4 heterocycles. The number of carbonyl (C=O) groups is 1. The van der Waals surface area contributed by atoms with Crippen molar-refractivity contribution < 1.29 is 13.9 Å². The minimum absolute atomic E-state index is 0.196. The monoisotopic (exact) mass is 492 g/mol. The van der Waals surface area contributed by atoms with Crippen LogP contribution >= 0.6 is 11.3 Å². The highest BCUT2D eigenvalue weighted by molar-refractivity contribution is 7.16. The fourth-order valence-corrected chi connectivity index (χ4v) is 5.59. The van der Waals surface area contributed by atoms with E-state index in [0.717, 1.165) is 39.8 Å². The first-order valence-electron chi connectivity index (χ1n) is 11.8. The summed E-state index contributed by atoms with van der Waals surface area (Å²) in [5.41, 5.74) is 3.73. The number of nitrogens with zero attached hydrogens (tertiary/aromatic N) is 6. The fraction of sp³-hybridized carbons (Fsp3) is 0.400. The van der Waals surface area contributed by atoms with Gasteiger partial charge in [0.05, 0.1) is 23.3 Å². The Balaban J connectivity index is 1.38. The van der Waals surface area contributed by atoms with Gasteiger partial charge in [0.2, 0.25) is 4.96 Å². The Morgan fingerprint density at radius 3 is 2.80 bits per heavy atom. The average molecular weight is 493 g/mol. The Bertz CT molecular complexity index is 1460. The van der Waals surface area contributed by atoms with Crippen LogP contribution in [0.1, 0.15) is 63.8 Å². The van der Waals surface area contributed by atoms with Crippen LogP contribution in [0.15, 0.2) is 24.4 Å². The van der Waals surface area contributed by atoms with Gasteiger partial charge in [-0.25, -0.2) is 23.9 Å². The van der Waals surface area contributed by atoms with E-state index in [2.05, 4.69) is 15.1 Å². The summed E-state index contributed by atoms with van der Waals surface area (Å²) < 4.78 is 23.1. The van der Waals surface area contributed by atoms with Crippen LogP contribution in [0.3, 0.4) is 0 Å². The molecule has 0 spiro atoms. The summed E-state index contributed by atoms with van der Waals surface area (Å²) in [5.74, 6) is 0.983. The molecule has 3 aromatic heterocycles. The molecule has 6 rings (SSSR count). The van der Waals surface area contributed by atoms with Gasteiger partial charge in [0.25, 0.3) is 5.91 Å². The highest BCUT2D eigenvalue weighted by Gasteiger charge is 2.38. The summed E-state index contributed by atoms with van der Waals surface area (Å²) in [6.07, 6.45) is 4.34. The van der Waals surface area contributed by atoms with Gasteiger partial charge in [-0.3, -0.25) is 4.79 Å². The average Bonchev–Trinajstić information content (AvgIpc) is 3.53. The molecule has 1 unspecified atom stereocenters. The first kappa shape index (κ1) is 22.1. The molecule has 0 radical (unpaired) electrons. The lowest BCUT2D eigenvalue weighted by Crippen LogP contribution is -2.43. The number of halogens is 1. The number of ether oxygens (including phenoxy) is 1. The Kier molecular flexibility index (Phi) is 5.28. The second kappa shape index (κ2) is 8.37. The van der Waals surface area contributed by atoms with Gasteiger partial charge in [0, 0.05) is 18.5 Å². The zero-order valence-electron chi connectivity index (χ0n) is 19.8. The second-order valence-corrected chi connectivity index (χ2v) is 10.4. The van der Waals surface area contributed by atoms with Crippen molar-refractivity contribution in [3.8, 4) is 5.75 Å². The van der Waals surface area contributed by atoms with Crippen LogP contribution < -0.4 is 4.74 Å². The molecule has 1 aliphatic carbocycles. The molecule has 35 heavy (non-hydrogen) atoms. The Morgan fingerprint density at radius 1 is 1.23 bits per heavy atom. The van der Waals surface area contributed by atoms with Gasteiger partial charge in [-0.15, -0.1) is 0 Å². The van der Waals surface area contributed by atoms with E-state index in [1.165, 1.54) is 11.3 Å². The molecule has 1 amide bonds. The lowest BCUT2D eigenvalue weighted by Gasteiger charge is -2.35. The molecule has 0 bridgehead atoms. The number of carbonyl (C=O) groups excluding carboxylic acids is 1. The topological polar surface area (TPSA) is 85.5 Å². The molecule has 8 nitrogen and oxygen atoms in total. The largest absolute Gasteiger partial charge is 0.480 e. The smallest absolute Gasteiger partial charge is 0.261 e. The quantitative estimate of drug-likeness (QED) is 0.417. The predicted molar refractivity (Wildman–Crippen MR) is 128 cm³/mol. The van der Waals surface area contributed by atoms with Gasteiger partial charge in [0.1, 0.15) is 22.7 Å². The van der Waals surface area contributed by atoms with E-state index >= 15 is 4.39 Å². The minimum Gasteiger partial charge on any atom is -0.480 e. The third-order valence-electron chi connectivity index (χ3n) is 6.67. The van der Waals surface area contributed by atoms with Gasteiger partial charge >= 0.3 is 0 Å². The van der Waals surface area contributed by atoms with Crippen LogP contribution in [-0.2, 0) is 11.2 Å². The maximum atomic E-state index is 15.6. The number of imidazole rings is 1. The summed E-state index contributed by atoms with van der Waals surface area (Å²) in [4.78, 5) is 29.1. The molecule has 0 saturated heterocycles. The third kappa shape index (κ3) is 3.95. The molecule has 4 aromatic rings. The van der Waals surface area contributed by atoms with Crippen molar-refractivity contribution in [1.29, 1.82) is 0 Å². The number of hydrogen-bond acceptors (Lipinski definition) is 7. The summed E-state index contributed by atoms with van der Waals surface area (Å²) in [6.45, 7) is 5.75. The molecular weight excluding hydrogens is 467 g/mol. The maximum Gasteiger partial charge on any atom is 0.261 e. The predicted octanol–water partition coefficient (Wildman–Crippen LogP) is 4.08. The van der Waals surface area contributed by atoms with Gasteiger partial charge in [-0.1, -0.05) is 23.5 Å². The summed E-state index contributed by atoms with van der Waals surface area (Å²) in [7, 11) is 0. The first-order chi connectivity index (χ1) is 16.9. The van der Waals surface area contributed by atoms with Crippen LogP contribution in [0.2, 0.25) is 0 Å². The number of amides is 1. The van der Waals surface area contributed by atoms with Gasteiger partial charge in [-0.2, -0.15) is 5.10 Å². The maximum absolute atomic E-state index is 15.6.